The number of Topliss-reactive ketones (excluding diaryl/α,β-unsaturated/α-hetero) is 1. The van der Waals surface area contributed by atoms with Gasteiger partial charge >= 0.3 is 5.97 Å². The molecule has 0 N–H and O–H groups in total. The van der Waals surface area contributed by atoms with Gasteiger partial charge in [-0.3, -0.25) is 9.59 Å². The average molecular weight is 294 g/mol. The number of hydrogen-bond donors (Lipinski definition) is 0. The van der Waals surface area contributed by atoms with Gasteiger partial charge in [-0.25, -0.2) is 0 Å². The first-order chi connectivity index (χ1) is 10.6. The number of carbonyl (C=O) groups is 2. The molecule has 1 saturated carbocycles. The lowest BCUT2D eigenvalue weighted by Gasteiger charge is -2.36. The van der Waals surface area contributed by atoms with E-state index in [9.17, 15) is 9.59 Å². The minimum atomic E-state index is -0.571. The van der Waals surface area contributed by atoms with E-state index < -0.39 is 5.92 Å². The summed E-state index contributed by atoms with van der Waals surface area (Å²) >= 11 is 0. The van der Waals surface area contributed by atoms with Crippen LogP contribution >= 0.6 is 0 Å². The van der Waals surface area contributed by atoms with Crippen molar-refractivity contribution in [1.29, 1.82) is 0 Å². The van der Waals surface area contributed by atoms with E-state index in [0.29, 0.717) is 12.8 Å². The highest BCUT2D eigenvalue weighted by Gasteiger charge is 2.47. The predicted molar refractivity (Wildman–Crippen MR) is 83.7 cm³/mol. The fourth-order valence-corrected chi connectivity index (χ4v) is 4.37. The number of carbonyl (C=O) groups excluding carboxylic acids is 2. The Morgan fingerprint density at radius 2 is 1.95 bits per heavy atom. The smallest absolute Gasteiger partial charge is 0.316 e. The van der Waals surface area contributed by atoms with Crippen LogP contribution < -0.4 is 0 Å². The molecular weight excluding hydrogens is 276 g/mol. The zero-order valence-electron chi connectivity index (χ0n) is 12.6. The molecule has 22 heavy (non-hydrogen) atoms. The van der Waals surface area contributed by atoms with Crippen molar-refractivity contribution in [2.45, 2.75) is 31.1 Å². The lowest BCUT2D eigenvalue weighted by Crippen LogP contribution is -2.40. The monoisotopic (exact) mass is 294 g/mol. The van der Waals surface area contributed by atoms with E-state index in [2.05, 4.69) is 36.4 Å². The van der Waals surface area contributed by atoms with Gasteiger partial charge in [0, 0.05) is 11.8 Å². The first-order valence-corrected chi connectivity index (χ1v) is 7.76. The summed E-state index contributed by atoms with van der Waals surface area (Å²) < 4.78 is 4.77. The number of methoxy groups -OCH3 is 1. The van der Waals surface area contributed by atoms with Crippen LogP contribution in [0.5, 0.6) is 0 Å². The van der Waals surface area contributed by atoms with E-state index in [1.54, 1.807) is 0 Å². The van der Waals surface area contributed by atoms with Gasteiger partial charge in [-0.05, 0) is 41.2 Å². The second kappa shape index (κ2) is 4.67. The summed E-state index contributed by atoms with van der Waals surface area (Å²) in [7, 11) is 1.35. The molecule has 2 atom stereocenters. The van der Waals surface area contributed by atoms with Crippen LogP contribution in [-0.2, 0) is 26.2 Å². The molecule has 1 fully saturated rings. The summed E-state index contributed by atoms with van der Waals surface area (Å²) in [5, 5.41) is 2.56. The first kappa shape index (κ1) is 13.5. The van der Waals surface area contributed by atoms with Crippen LogP contribution in [0.1, 0.15) is 30.4 Å². The van der Waals surface area contributed by atoms with Gasteiger partial charge in [0.15, 0.2) is 0 Å². The number of esters is 1. The summed E-state index contributed by atoms with van der Waals surface area (Å²) in [6.07, 6.45) is 2.81. The highest BCUT2D eigenvalue weighted by molar-refractivity contribution is 6.01. The van der Waals surface area contributed by atoms with Crippen LogP contribution in [0.2, 0.25) is 0 Å². The van der Waals surface area contributed by atoms with Gasteiger partial charge in [0.05, 0.1) is 7.11 Å². The van der Waals surface area contributed by atoms with Crippen molar-refractivity contribution in [2.75, 3.05) is 7.11 Å². The van der Waals surface area contributed by atoms with Crippen LogP contribution in [0.3, 0.4) is 0 Å². The topological polar surface area (TPSA) is 43.4 Å². The molecule has 2 aromatic carbocycles. The largest absolute Gasteiger partial charge is 0.468 e. The molecule has 0 bridgehead atoms. The van der Waals surface area contributed by atoms with Crippen molar-refractivity contribution in [2.24, 2.45) is 5.92 Å². The maximum Gasteiger partial charge on any atom is 0.316 e. The quantitative estimate of drug-likeness (QED) is 0.599. The molecule has 112 valence electrons. The van der Waals surface area contributed by atoms with Crippen LogP contribution in [0.25, 0.3) is 10.8 Å². The molecule has 0 heterocycles. The third kappa shape index (κ3) is 1.75. The van der Waals surface area contributed by atoms with E-state index in [1.165, 1.54) is 29.0 Å². The van der Waals surface area contributed by atoms with Gasteiger partial charge in [0.2, 0.25) is 0 Å². The Morgan fingerprint density at radius 1 is 1.18 bits per heavy atom. The lowest BCUT2D eigenvalue weighted by atomic mass is 9.66. The van der Waals surface area contributed by atoms with Gasteiger partial charge in [-0.1, -0.05) is 36.4 Å². The Labute approximate surface area is 129 Å². The number of fused-ring (bicyclic) bond motifs is 1. The molecule has 2 aliphatic rings. The van der Waals surface area contributed by atoms with Gasteiger partial charge in [0.25, 0.3) is 0 Å². The SMILES string of the molecule is COC(=O)C1CCC2(CC1=O)Cc1cccc3cccc2c13. The molecule has 2 unspecified atom stereocenters. The standard InChI is InChI=1S/C19H18O3/c1-22-18(21)14-8-9-19(11-16(14)20)10-13-6-2-4-12-5-3-7-15(19)17(12)13/h2-7,14H,8-11H2,1H3. The fraction of sp³-hybridized carbons (Fsp3) is 0.368. The third-order valence-electron chi connectivity index (χ3n) is 5.39. The summed E-state index contributed by atoms with van der Waals surface area (Å²) in [5.41, 5.74) is 2.50. The van der Waals surface area contributed by atoms with Crippen molar-refractivity contribution >= 4 is 22.5 Å². The van der Waals surface area contributed by atoms with Crippen LogP contribution in [-0.4, -0.2) is 18.9 Å². The Bertz CT molecular complexity index is 787. The van der Waals surface area contributed by atoms with E-state index in [4.69, 9.17) is 4.74 Å². The number of ketones is 1. The highest BCUT2D eigenvalue weighted by Crippen LogP contribution is 2.50. The molecule has 0 radical (unpaired) electrons. The Kier molecular flexibility index (Phi) is 2.86. The Balaban J connectivity index is 1.76. The van der Waals surface area contributed by atoms with Gasteiger partial charge in [-0.15, -0.1) is 0 Å². The molecule has 0 amide bonds. The van der Waals surface area contributed by atoms with Crippen molar-refractivity contribution in [3.05, 3.63) is 47.5 Å². The minimum absolute atomic E-state index is 0.0305. The van der Waals surface area contributed by atoms with Crippen molar-refractivity contribution < 1.29 is 14.3 Å². The van der Waals surface area contributed by atoms with Gasteiger partial charge in [-0.2, -0.15) is 0 Å². The number of rotatable bonds is 1. The molecule has 0 aliphatic heterocycles. The van der Waals surface area contributed by atoms with Crippen LogP contribution in [0, 0.1) is 5.92 Å². The number of benzene rings is 2. The normalized spacial score (nSPS) is 26.6. The summed E-state index contributed by atoms with van der Waals surface area (Å²) in [4.78, 5) is 24.3. The van der Waals surface area contributed by atoms with Gasteiger partial charge < -0.3 is 4.74 Å². The number of hydrogen-bond acceptors (Lipinski definition) is 3. The summed E-state index contributed by atoms with van der Waals surface area (Å²) in [5.74, 6) is -0.921. The molecule has 0 aromatic heterocycles. The first-order valence-electron chi connectivity index (χ1n) is 7.76. The molecule has 2 aliphatic carbocycles. The predicted octanol–water partition coefficient (Wildman–Crippen LogP) is 3.18. The second-order valence-electron chi connectivity index (χ2n) is 6.54. The summed E-state index contributed by atoms with van der Waals surface area (Å²) in [6, 6.07) is 12.7. The van der Waals surface area contributed by atoms with E-state index >= 15 is 0 Å². The average Bonchev–Trinajstić information content (AvgIpc) is 2.83. The second-order valence-corrected chi connectivity index (χ2v) is 6.54. The number of ether oxygens (including phenoxy) is 1. The van der Waals surface area contributed by atoms with E-state index in [1.807, 2.05) is 0 Å². The minimum Gasteiger partial charge on any atom is -0.468 e. The van der Waals surface area contributed by atoms with Gasteiger partial charge in [0.1, 0.15) is 11.7 Å². The van der Waals surface area contributed by atoms with E-state index in [-0.39, 0.29) is 17.2 Å². The third-order valence-corrected chi connectivity index (χ3v) is 5.39. The van der Waals surface area contributed by atoms with Crippen molar-refractivity contribution in [3.63, 3.8) is 0 Å². The molecule has 4 rings (SSSR count). The molecule has 3 heteroatoms. The maximum atomic E-state index is 12.5. The highest BCUT2D eigenvalue weighted by atomic mass is 16.5. The van der Waals surface area contributed by atoms with E-state index in [0.717, 1.165) is 12.8 Å². The molecule has 0 saturated heterocycles. The zero-order valence-corrected chi connectivity index (χ0v) is 12.6. The molecule has 2 aromatic rings. The zero-order chi connectivity index (χ0) is 15.3. The van der Waals surface area contributed by atoms with Crippen LogP contribution in [0.15, 0.2) is 36.4 Å². The molecule has 1 spiro atoms. The Morgan fingerprint density at radius 3 is 2.68 bits per heavy atom. The Hall–Kier alpha value is -2.16. The summed E-state index contributed by atoms with van der Waals surface area (Å²) in [6.45, 7) is 0. The fourth-order valence-electron chi connectivity index (χ4n) is 4.37. The molecule has 3 nitrogen and oxygen atoms in total. The lowest BCUT2D eigenvalue weighted by molar-refractivity contribution is -0.151. The van der Waals surface area contributed by atoms with Crippen LogP contribution in [0.4, 0.5) is 0 Å². The van der Waals surface area contributed by atoms with Crippen molar-refractivity contribution in [1.82, 2.24) is 0 Å². The molecular formula is C19H18O3. The van der Waals surface area contributed by atoms with Crippen molar-refractivity contribution in [3.8, 4) is 0 Å². The maximum absolute atomic E-state index is 12.5.